The van der Waals surface area contributed by atoms with Crippen LogP contribution >= 0.6 is 47.0 Å². The van der Waals surface area contributed by atoms with Crippen LogP contribution < -0.4 is 4.74 Å². The first-order valence-corrected chi connectivity index (χ1v) is 20.4. The number of hydrogen-bond donors (Lipinski definition) is 0. The van der Waals surface area contributed by atoms with E-state index in [0.29, 0.717) is 12.5 Å². The van der Waals surface area contributed by atoms with Gasteiger partial charge in [-0.3, -0.25) is 15.0 Å². The first-order chi connectivity index (χ1) is 26.7. The lowest BCUT2D eigenvalue weighted by Gasteiger charge is -2.12. The summed E-state index contributed by atoms with van der Waals surface area (Å²) in [4.78, 5) is 29.8. The standard InChI is InChI=1S/C43H28N6OS4/c1-4-17-44-33(8-1)37-22-30(23-38(47-37)34-9-2-5-18-45-34)28-13-15-29(16-14-28)31-24-39(35-10-3-6-19-46-35)48-40(25-31)36-11-7-12-41(49-36)50-26-32-27-53-43(54-32)42-51-20-21-52-42/h1-25,27H,26H2. The van der Waals surface area contributed by atoms with E-state index in [9.17, 15) is 0 Å². The number of ether oxygens (including phenoxy) is 1. The van der Waals surface area contributed by atoms with Crippen LogP contribution in [0.3, 0.4) is 0 Å². The molecule has 7 nitrogen and oxygen atoms in total. The summed E-state index contributed by atoms with van der Waals surface area (Å²) in [5.74, 6) is 0.551. The molecule has 0 aliphatic carbocycles. The summed E-state index contributed by atoms with van der Waals surface area (Å²) < 4.78 is 8.83. The van der Waals surface area contributed by atoms with Gasteiger partial charge in [-0.1, -0.05) is 95.6 Å². The molecular formula is C43H28N6OS4. The van der Waals surface area contributed by atoms with Crippen LogP contribution in [-0.4, -0.2) is 36.5 Å². The molecule has 7 aromatic rings. The van der Waals surface area contributed by atoms with E-state index >= 15 is 0 Å². The van der Waals surface area contributed by atoms with Gasteiger partial charge in [0.15, 0.2) is 0 Å². The Morgan fingerprint density at radius 2 is 0.926 bits per heavy atom. The summed E-state index contributed by atoms with van der Waals surface area (Å²) in [5.41, 5.74) is 10.3. The molecule has 0 bridgehead atoms. The Kier molecular flexibility index (Phi) is 10.1. The fraction of sp³-hybridized carbons (Fsp3) is 0.0233. The molecule has 0 atom stereocenters. The number of pyridine rings is 6. The number of hydrogen-bond acceptors (Lipinski definition) is 11. The Morgan fingerprint density at radius 3 is 1.43 bits per heavy atom. The smallest absolute Gasteiger partial charge is 0.214 e. The van der Waals surface area contributed by atoms with Crippen molar-refractivity contribution < 1.29 is 4.74 Å². The van der Waals surface area contributed by atoms with E-state index in [0.717, 1.165) is 72.7 Å². The van der Waals surface area contributed by atoms with Gasteiger partial charge in [-0.25, -0.2) is 15.0 Å². The van der Waals surface area contributed by atoms with Crippen LogP contribution in [-0.2, 0) is 0 Å². The molecule has 260 valence electrons. The lowest BCUT2D eigenvalue weighted by Crippen LogP contribution is -2.00. The minimum absolute atomic E-state index is 0.455. The van der Waals surface area contributed by atoms with E-state index in [4.69, 9.17) is 19.7 Å². The van der Waals surface area contributed by atoms with Crippen LogP contribution in [0.1, 0.15) is 0 Å². The maximum atomic E-state index is 6.20. The quantitative estimate of drug-likeness (QED) is 0.140. The molecule has 0 spiro atoms. The van der Waals surface area contributed by atoms with Crippen LogP contribution in [0.5, 0.6) is 5.88 Å². The highest BCUT2D eigenvalue weighted by atomic mass is 32.2. The molecular weight excluding hydrogens is 745 g/mol. The van der Waals surface area contributed by atoms with Crippen molar-refractivity contribution in [3.05, 3.63) is 170 Å². The van der Waals surface area contributed by atoms with Crippen molar-refractivity contribution in [1.82, 2.24) is 29.9 Å². The molecule has 0 fully saturated rings. The Bertz CT molecular complexity index is 2480. The van der Waals surface area contributed by atoms with E-state index in [1.807, 2.05) is 72.8 Å². The van der Waals surface area contributed by atoms with Gasteiger partial charge in [-0.15, -0.1) is 0 Å². The van der Waals surface area contributed by atoms with Gasteiger partial charge in [-0.2, -0.15) is 0 Å². The molecule has 1 aromatic carbocycles. The molecule has 9 rings (SSSR count). The third-order valence-corrected chi connectivity index (χ3v) is 13.5. The van der Waals surface area contributed by atoms with Crippen molar-refractivity contribution in [2.24, 2.45) is 0 Å². The molecule has 0 saturated carbocycles. The van der Waals surface area contributed by atoms with Gasteiger partial charge < -0.3 is 4.74 Å². The minimum atomic E-state index is 0.455. The van der Waals surface area contributed by atoms with Crippen LogP contribution in [0.25, 0.3) is 67.8 Å². The molecule has 0 unspecified atom stereocenters. The normalized spacial score (nSPS) is 13.7. The molecule has 0 amide bonds. The van der Waals surface area contributed by atoms with E-state index in [1.54, 1.807) is 65.6 Å². The van der Waals surface area contributed by atoms with Crippen LogP contribution in [0.15, 0.2) is 170 Å². The number of rotatable bonds is 9. The van der Waals surface area contributed by atoms with Gasteiger partial charge >= 0.3 is 0 Å². The Hall–Kier alpha value is -5.46. The molecule has 11 heteroatoms. The Labute approximate surface area is 329 Å². The van der Waals surface area contributed by atoms with E-state index in [1.165, 1.54) is 8.47 Å². The molecule has 0 saturated heterocycles. The molecule has 54 heavy (non-hydrogen) atoms. The third-order valence-electron chi connectivity index (χ3n) is 8.43. The molecule has 0 N–H and O–H groups in total. The maximum Gasteiger partial charge on any atom is 0.214 e. The van der Waals surface area contributed by atoms with Gasteiger partial charge in [0.05, 0.1) is 54.0 Å². The Morgan fingerprint density at radius 1 is 0.426 bits per heavy atom. The number of thioether (sulfide) groups is 4. The second kappa shape index (κ2) is 15.9. The van der Waals surface area contributed by atoms with Crippen molar-refractivity contribution in [3.63, 3.8) is 0 Å². The third kappa shape index (κ3) is 7.76. The molecule has 2 aliphatic rings. The number of benzene rings is 1. The van der Waals surface area contributed by atoms with Gasteiger partial charge in [0.2, 0.25) is 5.88 Å². The average Bonchev–Trinajstić information content (AvgIpc) is 3.97. The number of nitrogens with zero attached hydrogens (tertiary/aromatic N) is 6. The minimum Gasteiger partial charge on any atom is -0.472 e. The van der Waals surface area contributed by atoms with Crippen molar-refractivity contribution in [3.8, 4) is 73.7 Å². The summed E-state index contributed by atoms with van der Waals surface area (Å²) in [7, 11) is 0. The SMILES string of the molecule is C1=CSC(=C2SC=C(COc3cccc(-c4cc(-c5ccc(-c6cc(-c7ccccn7)nc(-c7ccccn7)c6)cc5)cc(-c5ccccn5)n4)n3)S2)S1. The molecule has 8 heterocycles. The highest BCUT2D eigenvalue weighted by molar-refractivity contribution is 8.33. The molecule has 2 aliphatic heterocycles. The zero-order chi connectivity index (χ0) is 36.1. The summed E-state index contributed by atoms with van der Waals surface area (Å²) in [5, 5.41) is 6.41. The lowest BCUT2D eigenvalue weighted by atomic mass is 9.98. The van der Waals surface area contributed by atoms with Gasteiger partial charge in [0, 0.05) is 29.6 Å². The van der Waals surface area contributed by atoms with Gasteiger partial charge in [0.25, 0.3) is 0 Å². The predicted octanol–water partition coefficient (Wildman–Crippen LogP) is 11.8. The van der Waals surface area contributed by atoms with Crippen molar-refractivity contribution in [2.75, 3.05) is 6.61 Å². The van der Waals surface area contributed by atoms with E-state index < -0.39 is 0 Å². The van der Waals surface area contributed by atoms with Crippen molar-refractivity contribution in [1.29, 1.82) is 0 Å². The second-order valence-electron chi connectivity index (χ2n) is 12.0. The van der Waals surface area contributed by atoms with E-state index in [2.05, 4.69) is 79.7 Å². The molecule has 0 radical (unpaired) electrons. The van der Waals surface area contributed by atoms with Gasteiger partial charge in [0.1, 0.15) is 6.61 Å². The average molecular weight is 773 g/mol. The van der Waals surface area contributed by atoms with Crippen LogP contribution in [0.2, 0.25) is 0 Å². The maximum absolute atomic E-state index is 6.20. The van der Waals surface area contributed by atoms with Crippen molar-refractivity contribution >= 4 is 47.0 Å². The summed E-state index contributed by atoms with van der Waals surface area (Å²) in [6, 6.07) is 40.2. The summed E-state index contributed by atoms with van der Waals surface area (Å²) in [6.45, 7) is 0.455. The lowest BCUT2D eigenvalue weighted by molar-refractivity contribution is 0.346. The highest BCUT2D eigenvalue weighted by Crippen LogP contribution is 2.53. The summed E-state index contributed by atoms with van der Waals surface area (Å²) >= 11 is 7.06. The largest absolute Gasteiger partial charge is 0.472 e. The fourth-order valence-corrected chi connectivity index (χ4v) is 10.2. The molecule has 6 aromatic heterocycles. The van der Waals surface area contributed by atoms with Crippen LogP contribution in [0.4, 0.5) is 0 Å². The zero-order valence-electron chi connectivity index (χ0n) is 28.4. The van der Waals surface area contributed by atoms with Gasteiger partial charge in [-0.05, 0) is 105 Å². The summed E-state index contributed by atoms with van der Waals surface area (Å²) in [6.07, 6.45) is 5.36. The topological polar surface area (TPSA) is 86.6 Å². The van der Waals surface area contributed by atoms with Crippen molar-refractivity contribution in [2.45, 2.75) is 0 Å². The second-order valence-corrected chi connectivity index (χ2v) is 16.4. The monoisotopic (exact) mass is 772 g/mol. The first kappa shape index (κ1) is 34.3. The van der Waals surface area contributed by atoms with E-state index in [-0.39, 0.29) is 0 Å². The first-order valence-electron chi connectivity index (χ1n) is 17.0. The highest BCUT2D eigenvalue weighted by Gasteiger charge is 2.20. The fourth-order valence-electron chi connectivity index (χ4n) is 5.84. The zero-order valence-corrected chi connectivity index (χ0v) is 31.7. The Balaban J connectivity index is 1.02. The predicted molar refractivity (Wildman–Crippen MR) is 226 cm³/mol. The number of aromatic nitrogens is 6. The van der Waals surface area contributed by atoms with Crippen LogP contribution in [0, 0.1) is 0 Å².